The van der Waals surface area contributed by atoms with Gasteiger partial charge in [0.15, 0.2) is 5.13 Å². The monoisotopic (exact) mass is 420 g/mol. The fourth-order valence-corrected chi connectivity index (χ4v) is 3.68. The van der Waals surface area contributed by atoms with Crippen LogP contribution in [0.2, 0.25) is 5.02 Å². The standard InChI is InChI=1S/C18H14BrClN2OS/c1-11-16(10-12-7-8-14(19)15(20)9-12)24-18(21-11)22-17(23)13-5-3-2-4-6-13/h2-9H,10H2,1H3,(H,21,22,23). The number of halogens is 2. The first kappa shape index (κ1) is 17.1. The van der Waals surface area contributed by atoms with Crippen molar-refractivity contribution in [3.8, 4) is 0 Å². The number of nitrogens with one attached hydrogen (secondary N) is 1. The summed E-state index contributed by atoms with van der Waals surface area (Å²) in [6.45, 7) is 1.95. The van der Waals surface area contributed by atoms with Gasteiger partial charge in [-0.05, 0) is 52.7 Å². The maximum absolute atomic E-state index is 12.2. The van der Waals surface area contributed by atoms with Crippen molar-refractivity contribution in [2.45, 2.75) is 13.3 Å². The first-order valence-electron chi connectivity index (χ1n) is 7.29. The molecule has 1 aromatic heterocycles. The van der Waals surface area contributed by atoms with Crippen molar-refractivity contribution in [3.63, 3.8) is 0 Å². The maximum Gasteiger partial charge on any atom is 0.257 e. The number of anilines is 1. The predicted molar refractivity (Wildman–Crippen MR) is 103 cm³/mol. The van der Waals surface area contributed by atoms with Gasteiger partial charge in [0, 0.05) is 21.3 Å². The van der Waals surface area contributed by atoms with Crippen molar-refractivity contribution in [3.05, 3.63) is 79.7 Å². The normalized spacial score (nSPS) is 10.6. The average Bonchev–Trinajstić information content (AvgIpc) is 2.91. The van der Waals surface area contributed by atoms with Gasteiger partial charge in [-0.25, -0.2) is 4.98 Å². The molecule has 24 heavy (non-hydrogen) atoms. The minimum absolute atomic E-state index is 0.150. The van der Waals surface area contributed by atoms with Crippen molar-refractivity contribution in [2.24, 2.45) is 0 Å². The highest BCUT2D eigenvalue weighted by Crippen LogP contribution is 2.28. The Morgan fingerprint density at radius 2 is 2.00 bits per heavy atom. The van der Waals surface area contributed by atoms with Gasteiger partial charge in [0.05, 0.1) is 10.7 Å². The summed E-state index contributed by atoms with van der Waals surface area (Å²) in [7, 11) is 0. The minimum atomic E-state index is -0.150. The second-order valence-electron chi connectivity index (χ2n) is 5.27. The Kier molecular flexibility index (Phi) is 5.33. The third kappa shape index (κ3) is 4.04. The van der Waals surface area contributed by atoms with E-state index >= 15 is 0 Å². The molecule has 0 aliphatic heterocycles. The minimum Gasteiger partial charge on any atom is -0.298 e. The van der Waals surface area contributed by atoms with Crippen LogP contribution in [-0.4, -0.2) is 10.9 Å². The Bertz CT molecular complexity index is 880. The van der Waals surface area contributed by atoms with Crippen molar-refractivity contribution in [1.29, 1.82) is 0 Å². The molecule has 2 aromatic carbocycles. The van der Waals surface area contributed by atoms with Gasteiger partial charge < -0.3 is 0 Å². The largest absolute Gasteiger partial charge is 0.298 e. The molecule has 122 valence electrons. The zero-order chi connectivity index (χ0) is 17.1. The van der Waals surface area contributed by atoms with Crippen molar-refractivity contribution < 1.29 is 4.79 Å². The molecule has 0 unspecified atom stereocenters. The van der Waals surface area contributed by atoms with Gasteiger partial charge in [-0.1, -0.05) is 35.9 Å². The maximum atomic E-state index is 12.2. The SMILES string of the molecule is Cc1nc(NC(=O)c2ccccc2)sc1Cc1ccc(Br)c(Cl)c1. The van der Waals surface area contributed by atoms with E-state index in [1.165, 1.54) is 11.3 Å². The molecule has 0 radical (unpaired) electrons. The highest BCUT2D eigenvalue weighted by atomic mass is 79.9. The third-order valence-electron chi connectivity index (χ3n) is 3.50. The van der Waals surface area contributed by atoms with Gasteiger partial charge in [0.1, 0.15) is 0 Å². The van der Waals surface area contributed by atoms with E-state index in [1.54, 1.807) is 12.1 Å². The second kappa shape index (κ2) is 7.47. The highest BCUT2D eigenvalue weighted by molar-refractivity contribution is 9.10. The van der Waals surface area contributed by atoms with Crippen LogP contribution in [0.25, 0.3) is 0 Å². The van der Waals surface area contributed by atoms with E-state index in [1.807, 2.05) is 43.3 Å². The number of aromatic nitrogens is 1. The molecule has 0 bridgehead atoms. The quantitative estimate of drug-likeness (QED) is 0.586. The summed E-state index contributed by atoms with van der Waals surface area (Å²) >= 11 is 11.0. The van der Waals surface area contributed by atoms with Gasteiger partial charge >= 0.3 is 0 Å². The van der Waals surface area contributed by atoms with Crippen molar-refractivity contribution >= 4 is 49.9 Å². The van der Waals surface area contributed by atoms with E-state index < -0.39 is 0 Å². The lowest BCUT2D eigenvalue weighted by Crippen LogP contribution is -2.11. The zero-order valence-electron chi connectivity index (χ0n) is 12.8. The highest BCUT2D eigenvalue weighted by Gasteiger charge is 2.12. The molecule has 6 heteroatoms. The molecule has 0 saturated heterocycles. The fourth-order valence-electron chi connectivity index (χ4n) is 2.24. The first-order valence-corrected chi connectivity index (χ1v) is 9.28. The molecule has 3 rings (SSSR count). The number of aryl methyl sites for hydroxylation is 1. The molecule has 0 saturated carbocycles. The number of amides is 1. The van der Waals surface area contributed by atoms with Crippen LogP contribution in [0.3, 0.4) is 0 Å². The van der Waals surface area contributed by atoms with Gasteiger partial charge in [0.2, 0.25) is 0 Å². The van der Waals surface area contributed by atoms with Crippen molar-refractivity contribution in [2.75, 3.05) is 5.32 Å². The molecular formula is C18H14BrClN2OS. The van der Waals surface area contributed by atoms with E-state index in [0.717, 1.165) is 27.0 Å². The molecule has 0 spiro atoms. The molecule has 1 amide bonds. The molecular weight excluding hydrogens is 408 g/mol. The Labute approximate surface area is 157 Å². The third-order valence-corrected chi connectivity index (χ3v) is 5.80. The summed E-state index contributed by atoms with van der Waals surface area (Å²) in [5.41, 5.74) is 2.64. The van der Waals surface area contributed by atoms with Crippen LogP contribution >= 0.6 is 38.9 Å². The van der Waals surface area contributed by atoms with Crippen LogP contribution in [0.15, 0.2) is 53.0 Å². The number of hydrogen-bond acceptors (Lipinski definition) is 3. The summed E-state index contributed by atoms with van der Waals surface area (Å²) in [5.74, 6) is -0.150. The summed E-state index contributed by atoms with van der Waals surface area (Å²) in [4.78, 5) is 17.8. The van der Waals surface area contributed by atoms with Crippen LogP contribution in [-0.2, 0) is 6.42 Å². The van der Waals surface area contributed by atoms with Gasteiger partial charge in [-0.3, -0.25) is 10.1 Å². The number of rotatable bonds is 4. The topological polar surface area (TPSA) is 42.0 Å². The molecule has 3 aromatic rings. The van der Waals surface area contributed by atoms with Crippen LogP contribution in [0.4, 0.5) is 5.13 Å². The van der Waals surface area contributed by atoms with E-state index in [2.05, 4.69) is 26.2 Å². The number of benzene rings is 2. The Morgan fingerprint density at radius 3 is 2.71 bits per heavy atom. The van der Waals surface area contributed by atoms with Crippen LogP contribution in [0.1, 0.15) is 26.5 Å². The average molecular weight is 422 g/mol. The first-order chi connectivity index (χ1) is 11.5. The molecule has 0 aliphatic carbocycles. The number of hydrogen-bond donors (Lipinski definition) is 1. The van der Waals surface area contributed by atoms with Crippen LogP contribution in [0.5, 0.6) is 0 Å². The van der Waals surface area contributed by atoms with Crippen LogP contribution < -0.4 is 5.32 Å². The van der Waals surface area contributed by atoms with E-state index in [9.17, 15) is 4.79 Å². The molecule has 1 heterocycles. The van der Waals surface area contributed by atoms with E-state index in [0.29, 0.717) is 15.7 Å². The molecule has 0 atom stereocenters. The Balaban J connectivity index is 1.75. The summed E-state index contributed by atoms with van der Waals surface area (Å²) in [6.07, 6.45) is 0.734. The molecule has 0 aliphatic rings. The Morgan fingerprint density at radius 1 is 1.25 bits per heavy atom. The van der Waals surface area contributed by atoms with E-state index in [4.69, 9.17) is 11.6 Å². The number of carbonyl (C=O) groups excluding carboxylic acids is 1. The smallest absolute Gasteiger partial charge is 0.257 e. The number of carbonyl (C=O) groups is 1. The Hall–Kier alpha value is -1.69. The second-order valence-corrected chi connectivity index (χ2v) is 7.62. The summed E-state index contributed by atoms with van der Waals surface area (Å²) in [5, 5.41) is 4.16. The molecule has 3 nitrogen and oxygen atoms in total. The summed E-state index contributed by atoms with van der Waals surface area (Å²) < 4.78 is 0.879. The number of nitrogens with zero attached hydrogens (tertiary/aromatic N) is 1. The van der Waals surface area contributed by atoms with Gasteiger partial charge in [-0.15, -0.1) is 11.3 Å². The summed E-state index contributed by atoms with van der Waals surface area (Å²) in [6, 6.07) is 15.0. The molecule has 0 fully saturated rings. The lowest BCUT2D eigenvalue weighted by atomic mass is 10.1. The van der Waals surface area contributed by atoms with Gasteiger partial charge in [-0.2, -0.15) is 0 Å². The zero-order valence-corrected chi connectivity index (χ0v) is 16.0. The fraction of sp³-hybridized carbons (Fsp3) is 0.111. The lowest BCUT2D eigenvalue weighted by molar-refractivity contribution is 0.102. The van der Waals surface area contributed by atoms with Crippen molar-refractivity contribution in [1.82, 2.24) is 4.98 Å². The lowest BCUT2D eigenvalue weighted by Gasteiger charge is -2.02. The predicted octanol–water partition coefficient (Wildman–Crippen LogP) is 5.71. The number of thiazole rings is 1. The molecule has 1 N–H and O–H groups in total. The van der Waals surface area contributed by atoms with Gasteiger partial charge in [0.25, 0.3) is 5.91 Å². The van der Waals surface area contributed by atoms with Crippen LogP contribution in [0, 0.1) is 6.92 Å². The van der Waals surface area contributed by atoms with E-state index in [-0.39, 0.29) is 5.91 Å².